The van der Waals surface area contributed by atoms with E-state index >= 15 is 0 Å². The SMILES string of the molecule is CNc1cc(Sc2nc(C)cc(=O)[nH]2)nc(N)n1. The molecule has 0 bridgehead atoms. The van der Waals surface area contributed by atoms with Crippen molar-refractivity contribution in [1.82, 2.24) is 19.9 Å². The lowest BCUT2D eigenvalue weighted by molar-refractivity contribution is 0.901. The molecular weight excluding hydrogens is 252 g/mol. The van der Waals surface area contributed by atoms with Gasteiger partial charge in [0.1, 0.15) is 10.8 Å². The normalized spacial score (nSPS) is 10.3. The molecule has 4 N–H and O–H groups in total. The predicted octanol–water partition coefficient (Wildman–Crippen LogP) is 0.643. The van der Waals surface area contributed by atoms with Crippen molar-refractivity contribution in [2.75, 3.05) is 18.1 Å². The van der Waals surface area contributed by atoms with E-state index in [0.29, 0.717) is 21.7 Å². The third-order valence-electron chi connectivity index (χ3n) is 2.03. The van der Waals surface area contributed by atoms with E-state index in [1.54, 1.807) is 20.0 Å². The van der Waals surface area contributed by atoms with Crippen molar-refractivity contribution >= 4 is 23.5 Å². The minimum Gasteiger partial charge on any atom is -0.373 e. The molecule has 0 aliphatic carbocycles. The van der Waals surface area contributed by atoms with Gasteiger partial charge in [-0.2, -0.15) is 4.98 Å². The van der Waals surface area contributed by atoms with Crippen LogP contribution in [-0.2, 0) is 0 Å². The number of nitrogen functional groups attached to an aromatic ring is 1. The molecule has 0 radical (unpaired) electrons. The molecule has 2 rings (SSSR count). The summed E-state index contributed by atoms with van der Waals surface area (Å²) in [7, 11) is 1.74. The molecule has 0 aliphatic heterocycles. The lowest BCUT2D eigenvalue weighted by Crippen LogP contribution is -2.08. The van der Waals surface area contributed by atoms with Crippen molar-refractivity contribution in [2.45, 2.75) is 17.1 Å². The van der Waals surface area contributed by atoms with Crippen LogP contribution in [0.15, 0.2) is 27.1 Å². The first-order valence-corrected chi connectivity index (χ1v) is 5.96. The van der Waals surface area contributed by atoms with Gasteiger partial charge in [-0.1, -0.05) is 0 Å². The van der Waals surface area contributed by atoms with Gasteiger partial charge in [0, 0.05) is 24.9 Å². The van der Waals surface area contributed by atoms with Gasteiger partial charge in [-0.15, -0.1) is 0 Å². The average Bonchev–Trinajstić information content (AvgIpc) is 2.26. The summed E-state index contributed by atoms with van der Waals surface area (Å²) < 4.78 is 0. The summed E-state index contributed by atoms with van der Waals surface area (Å²) in [5, 5.41) is 3.96. The zero-order valence-corrected chi connectivity index (χ0v) is 10.7. The zero-order chi connectivity index (χ0) is 13.1. The molecule has 2 aromatic heterocycles. The molecule has 2 aromatic rings. The van der Waals surface area contributed by atoms with E-state index < -0.39 is 0 Å². The van der Waals surface area contributed by atoms with Crippen LogP contribution in [0.1, 0.15) is 5.69 Å². The highest BCUT2D eigenvalue weighted by molar-refractivity contribution is 7.99. The van der Waals surface area contributed by atoms with E-state index in [9.17, 15) is 4.79 Å². The Hall–Kier alpha value is -2.09. The maximum atomic E-state index is 11.3. The maximum Gasteiger partial charge on any atom is 0.251 e. The number of anilines is 2. The summed E-state index contributed by atoms with van der Waals surface area (Å²) in [5.74, 6) is 0.777. The van der Waals surface area contributed by atoms with Gasteiger partial charge in [-0.05, 0) is 18.7 Å². The summed E-state index contributed by atoms with van der Waals surface area (Å²) in [4.78, 5) is 26.2. The monoisotopic (exact) mass is 264 g/mol. The second-order valence-electron chi connectivity index (χ2n) is 3.49. The molecule has 0 saturated carbocycles. The quantitative estimate of drug-likeness (QED) is 0.551. The summed E-state index contributed by atoms with van der Waals surface area (Å²) in [6.45, 7) is 1.76. The molecule has 0 amide bonds. The first kappa shape index (κ1) is 12.4. The summed E-state index contributed by atoms with van der Waals surface area (Å²) in [5.41, 5.74) is 6.04. The highest BCUT2D eigenvalue weighted by Gasteiger charge is 2.06. The van der Waals surface area contributed by atoms with E-state index in [0.717, 1.165) is 0 Å². The van der Waals surface area contributed by atoms with Crippen molar-refractivity contribution in [3.63, 3.8) is 0 Å². The van der Waals surface area contributed by atoms with Crippen LogP contribution in [0.5, 0.6) is 0 Å². The number of aromatic nitrogens is 4. The number of rotatable bonds is 3. The van der Waals surface area contributed by atoms with E-state index in [4.69, 9.17) is 5.73 Å². The largest absolute Gasteiger partial charge is 0.373 e. The Morgan fingerprint density at radius 3 is 2.78 bits per heavy atom. The fourth-order valence-corrected chi connectivity index (χ4v) is 2.17. The summed E-state index contributed by atoms with van der Waals surface area (Å²) in [6.07, 6.45) is 0. The molecule has 0 saturated heterocycles. The van der Waals surface area contributed by atoms with Crippen LogP contribution < -0.4 is 16.6 Å². The Bertz CT molecular complexity index is 626. The fourth-order valence-electron chi connectivity index (χ4n) is 1.32. The van der Waals surface area contributed by atoms with Crippen LogP contribution in [0.2, 0.25) is 0 Å². The molecule has 7 nitrogen and oxygen atoms in total. The van der Waals surface area contributed by atoms with Crippen LogP contribution in [0, 0.1) is 6.92 Å². The number of H-pyrrole nitrogens is 1. The third-order valence-corrected chi connectivity index (χ3v) is 2.83. The van der Waals surface area contributed by atoms with Crippen LogP contribution in [-0.4, -0.2) is 27.0 Å². The second-order valence-corrected chi connectivity index (χ2v) is 4.50. The van der Waals surface area contributed by atoms with Gasteiger partial charge in [0.25, 0.3) is 5.56 Å². The molecule has 2 heterocycles. The maximum absolute atomic E-state index is 11.3. The lowest BCUT2D eigenvalue weighted by Gasteiger charge is -2.04. The van der Waals surface area contributed by atoms with Gasteiger partial charge >= 0.3 is 0 Å². The number of nitrogens with two attached hydrogens (primary N) is 1. The molecule has 0 atom stereocenters. The minimum absolute atomic E-state index is 0.166. The van der Waals surface area contributed by atoms with E-state index in [2.05, 4.69) is 25.3 Å². The van der Waals surface area contributed by atoms with Crippen molar-refractivity contribution in [3.8, 4) is 0 Å². The minimum atomic E-state index is -0.194. The Morgan fingerprint density at radius 1 is 1.33 bits per heavy atom. The Labute approximate surface area is 107 Å². The van der Waals surface area contributed by atoms with Gasteiger partial charge in [0.15, 0.2) is 5.16 Å². The molecule has 0 aromatic carbocycles. The number of hydrogen-bond donors (Lipinski definition) is 3. The van der Waals surface area contributed by atoms with Gasteiger partial charge in [-0.3, -0.25) is 4.79 Å². The van der Waals surface area contributed by atoms with Crippen LogP contribution in [0.25, 0.3) is 0 Å². The first-order chi connectivity index (χ1) is 8.56. The molecule has 0 fully saturated rings. The van der Waals surface area contributed by atoms with Crippen molar-refractivity contribution < 1.29 is 0 Å². The molecular formula is C10H12N6OS. The number of nitrogens with one attached hydrogen (secondary N) is 2. The van der Waals surface area contributed by atoms with Gasteiger partial charge in [0.2, 0.25) is 5.95 Å². The van der Waals surface area contributed by atoms with Crippen molar-refractivity contribution in [3.05, 3.63) is 28.2 Å². The van der Waals surface area contributed by atoms with Crippen molar-refractivity contribution in [1.29, 1.82) is 0 Å². The first-order valence-electron chi connectivity index (χ1n) is 5.15. The smallest absolute Gasteiger partial charge is 0.251 e. The number of aromatic amines is 1. The molecule has 8 heteroatoms. The number of aryl methyl sites for hydroxylation is 1. The van der Waals surface area contributed by atoms with E-state index in [1.165, 1.54) is 17.8 Å². The van der Waals surface area contributed by atoms with E-state index in [1.807, 2.05) is 0 Å². The van der Waals surface area contributed by atoms with Crippen LogP contribution >= 0.6 is 11.8 Å². The fraction of sp³-hybridized carbons (Fsp3) is 0.200. The second kappa shape index (κ2) is 5.05. The highest BCUT2D eigenvalue weighted by Crippen LogP contribution is 2.24. The van der Waals surface area contributed by atoms with Gasteiger partial charge in [-0.25, -0.2) is 9.97 Å². The van der Waals surface area contributed by atoms with Gasteiger partial charge in [0.05, 0.1) is 0 Å². The van der Waals surface area contributed by atoms with Crippen LogP contribution in [0.3, 0.4) is 0 Å². The lowest BCUT2D eigenvalue weighted by atomic mass is 10.5. The molecule has 0 spiro atoms. The van der Waals surface area contributed by atoms with Gasteiger partial charge < -0.3 is 16.0 Å². The number of hydrogen-bond acceptors (Lipinski definition) is 7. The topological polar surface area (TPSA) is 110 Å². The van der Waals surface area contributed by atoms with Crippen LogP contribution in [0.4, 0.5) is 11.8 Å². The summed E-state index contributed by atoms with van der Waals surface area (Å²) >= 11 is 1.22. The van der Waals surface area contributed by atoms with E-state index in [-0.39, 0.29) is 11.5 Å². The molecule has 0 unspecified atom stereocenters. The molecule has 18 heavy (non-hydrogen) atoms. The summed E-state index contributed by atoms with van der Waals surface area (Å²) in [6, 6.07) is 3.15. The Balaban J connectivity index is 2.33. The zero-order valence-electron chi connectivity index (χ0n) is 9.89. The van der Waals surface area contributed by atoms with Crippen molar-refractivity contribution in [2.24, 2.45) is 0 Å². The Kier molecular flexibility index (Phi) is 3.47. The predicted molar refractivity (Wildman–Crippen MR) is 69.7 cm³/mol. The highest BCUT2D eigenvalue weighted by atomic mass is 32.2. The molecule has 0 aliphatic rings. The Morgan fingerprint density at radius 2 is 2.11 bits per heavy atom. The standard InChI is InChI=1S/C10H12N6OS/c1-5-3-7(17)15-10(13-5)18-8-4-6(12-2)14-9(11)16-8/h3-4H,1-2H3,(H,13,15,17)(H3,11,12,14,16). The molecule has 94 valence electrons. The average molecular weight is 264 g/mol. The number of nitrogens with zero attached hydrogens (tertiary/aromatic N) is 3. The third kappa shape index (κ3) is 2.98.